The number of carbonyl (C=O) groups excluding carboxylic acids is 1. The Morgan fingerprint density at radius 2 is 2.23 bits per heavy atom. The topological polar surface area (TPSA) is 30.0 Å². The van der Waals surface area contributed by atoms with Gasteiger partial charge in [-0.2, -0.15) is 0 Å². The summed E-state index contributed by atoms with van der Waals surface area (Å²) in [6, 6.07) is 1.29. The van der Waals surface area contributed by atoms with Gasteiger partial charge in [0, 0.05) is 3.57 Å². The van der Waals surface area contributed by atoms with Crippen molar-refractivity contribution in [3.05, 3.63) is 26.6 Å². The lowest BCUT2D eigenvalue weighted by atomic mass is 10.2. The van der Waals surface area contributed by atoms with E-state index in [1.807, 2.05) is 22.6 Å². The zero-order valence-corrected chi connectivity index (χ0v) is 8.88. The molecule has 0 aliphatic carbocycles. The molecule has 0 spiro atoms. The van der Waals surface area contributed by atoms with Gasteiger partial charge in [-0.25, -0.2) is 13.8 Å². The second kappa shape index (κ2) is 4.08. The quantitative estimate of drug-likeness (QED) is 0.620. The van der Waals surface area contributed by atoms with Gasteiger partial charge in [0.05, 0.1) is 0 Å². The second-order valence-electron chi connectivity index (χ2n) is 2.46. The zero-order chi connectivity index (χ0) is 10.0. The lowest BCUT2D eigenvalue weighted by Gasteiger charge is -2.04. The molecule has 0 radical (unpaired) electrons. The normalized spacial score (nSPS) is 10.5. The lowest BCUT2D eigenvalue weighted by molar-refractivity contribution is 0.111. The standard InChI is InChI=1S/C8H6F2INO/c1-4-5(11)2-6(8(9)10)12-7(4)3-13/h2-3,8H,1H3. The van der Waals surface area contributed by atoms with Crippen LogP contribution < -0.4 is 0 Å². The third-order valence-electron chi connectivity index (χ3n) is 1.60. The van der Waals surface area contributed by atoms with Gasteiger partial charge in [-0.1, -0.05) is 0 Å². The van der Waals surface area contributed by atoms with E-state index in [0.29, 0.717) is 15.4 Å². The average Bonchev–Trinajstić information content (AvgIpc) is 2.09. The number of aromatic nitrogens is 1. The van der Waals surface area contributed by atoms with Crippen molar-refractivity contribution in [2.75, 3.05) is 0 Å². The van der Waals surface area contributed by atoms with Crippen LogP contribution in [0.5, 0.6) is 0 Å². The van der Waals surface area contributed by atoms with Crippen molar-refractivity contribution in [3.8, 4) is 0 Å². The lowest BCUT2D eigenvalue weighted by Crippen LogP contribution is -2.00. The van der Waals surface area contributed by atoms with Crippen LogP contribution in [-0.4, -0.2) is 11.3 Å². The Labute approximate surface area is 87.5 Å². The van der Waals surface area contributed by atoms with Crippen LogP contribution in [0.15, 0.2) is 6.07 Å². The number of hydrogen-bond acceptors (Lipinski definition) is 2. The van der Waals surface area contributed by atoms with Crippen molar-refractivity contribution in [1.82, 2.24) is 4.98 Å². The fourth-order valence-electron chi connectivity index (χ4n) is 0.842. The highest BCUT2D eigenvalue weighted by molar-refractivity contribution is 14.1. The fourth-order valence-corrected chi connectivity index (χ4v) is 1.44. The van der Waals surface area contributed by atoms with Crippen LogP contribution in [0, 0.1) is 10.5 Å². The van der Waals surface area contributed by atoms with Crippen LogP contribution in [0.3, 0.4) is 0 Å². The van der Waals surface area contributed by atoms with Crippen molar-refractivity contribution < 1.29 is 13.6 Å². The molecule has 1 aromatic rings. The Hall–Kier alpha value is -0.590. The summed E-state index contributed by atoms with van der Waals surface area (Å²) in [5, 5.41) is 0. The molecular weight excluding hydrogens is 291 g/mol. The summed E-state index contributed by atoms with van der Waals surface area (Å²) < 4.78 is 25.1. The summed E-state index contributed by atoms with van der Waals surface area (Å²) in [5.74, 6) is 0. The minimum absolute atomic E-state index is 0.0854. The van der Waals surface area contributed by atoms with E-state index in [1.54, 1.807) is 6.92 Å². The van der Waals surface area contributed by atoms with Crippen LogP contribution in [0.4, 0.5) is 8.78 Å². The monoisotopic (exact) mass is 297 g/mol. The highest BCUT2D eigenvalue weighted by Crippen LogP contribution is 2.21. The molecule has 0 atom stereocenters. The van der Waals surface area contributed by atoms with E-state index in [4.69, 9.17) is 0 Å². The van der Waals surface area contributed by atoms with Crippen molar-refractivity contribution in [2.24, 2.45) is 0 Å². The first-order valence-corrected chi connectivity index (χ1v) is 4.54. The first-order valence-electron chi connectivity index (χ1n) is 3.46. The number of hydrogen-bond donors (Lipinski definition) is 0. The van der Waals surface area contributed by atoms with E-state index in [0.717, 1.165) is 0 Å². The molecule has 70 valence electrons. The maximum Gasteiger partial charge on any atom is 0.280 e. The third-order valence-corrected chi connectivity index (χ3v) is 2.72. The summed E-state index contributed by atoms with van der Waals surface area (Å²) in [4.78, 5) is 14.0. The summed E-state index contributed by atoms with van der Waals surface area (Å²) in [6.07, 6.45) is -2.14. The van der Waals surface area contributed by atoms with E-state index in [-0.39, 0.29) is 11.4 Å². The van der Waals surface area contributed by atoms with Gasteiger partial charge >= 0.3 is 0 Å². The predicted octanol–water partition coefficient (Wildman–Crippen LogP) is 2.74. The molecule has 0 aromatic carbocycles. The summed E-state index contributed by atoms with van der Waals surface area (Å²) in [7, 11) is 0. The van der Waals surface area contributed by atoms with Gasteiger partial charge in [0.25, 0.3) is 6.43 Å². The van der Waals surface area contributed by atoms with E-state index < -0.39 is 6.43 Å². The molecule has 0 amide bonds. The minimum Gasteiger partial charge on any atom is -0.296 e. The Morgan fingerprint density at radius 1 is 1.62 bits per heavy atom. The van der Waals surface area contributed by atoms with Gasteiger partial charge < -0.3 is 0 Å². The molecule has 13 heavy (non-hydrogen) atoms. The van der Waals surface area contributed by atoms with Crippen molar-refractivity contribution >= 4 is 28.9 Å². The van der Waals surface area contributed by atoms with E-state index in [1.165, 1.54) is 6.07 Å². The molecule has 0 N–H and O–H groups in total. The van der Waals surface area contributed by atoms with Gasteiger partial charge in [-0.15, -0.1) is 0 Å². The maximum atomic E-state index is 12.2. The van der Waals surface area contributed by atoms with Crippen LogP contribution in [-0.2, 0) is 0 Å². The van der Waals surface area contributed by atoms with Gasteiger partial charge in [-0.3, -0.25) is 4.79 Å². The zero-order valence-electron chi connectivity index (χ0n) is 6.72. The van der Waals surface area contributed by atoms with Crippen molar-refractivity contribution in [1.29, 1.82) is 0 Å². The smallest absolute Gasteiger partial charge is 0.280 e. The highest BCUT2D eigenvalue weighted by atomic mass is 127. The number of rotatable bonds is 2. The van der Waals surface area contributed by atoms with Crippen LogP contribution in [0.25, 0.3) is 0 Å². The van der Waals surface area contributed by atoms with Crippen molar-refractivity contribution in [3.63, 3.8) is 0 Å². The molecule has 0 aliphatic heterocycles. The molecular formula is C8H6F2INO. The molecule has 1 rings (SSSR count). The van der Waals surface area contributed by atoms with Gasteiger partial charge in [0.15, 0.2) is 6.29 Å². The van der Waals surface area contributed by atoms with Gasteiger partial charge in [-0.05, 0) is 41.1 Å². The molecule has 0 aliphatic rings. The van der Waals surface area contributed by atoms with Gasteiger partial charge in [0.2, 0.25) is 0 Å². The molecule has 0 unspecified atom stereocenters. The SMILES string of the molecule is Cc1c(I)cc(C(F)F)nc1C=O. The van der Waals surface area contributed by atoms with E-state index in [2.05, 4.69) is 4.98 Å². The second-order valence-corrected chi connectivity index (χ2v) is 3.62. The summed E-state index contributed by atoms with van der Waals surface area (Å²) in [5.41, 5.74) is 0.374. The number of nitrogens with zero attached hydrogens (tertiary/aromatic N) is 1. The largest absolute Gasteiger partial charge is 0.296 e. The Kier molecular flexibility index (Phi) is 3.29. The minimum atomic E-state index is -2.63. The highest BCUT2D eigenvalue weighted by Gasteiger charge is 2.13. The molecule has 0 saturated carbocycles. The van der Waals surface area contributed by atoms with E-state index >= 15 is 0 Å². The summed E-state index contributed by atoms with van der Waals surface area (Å²) >= 11 is 1.90. The van der Waals surface area contributed by atoms with Crippen molar-refractivity contribution in [2.45, 2.75) is 13.3 Å². The molecule has 5 heteroatoms. The number of pyridine rings is 1. The van der Waals surface area contributed by atoms with Crippen LogP contribution >= 0.6 is 22.6 Å². The summed E-state index contributed by atoms with van der Waals surface area (Å²) in [6.45, 7) is 1.67. The van der Waals surface area contributed by atoms with Crippen LogP contribution in [0.1, 0.15) is 28.2 Å². The molecule has 0 fully saturated rings. The maximum absolute atomic E-state index is 12.2. The number of halogens is 3. The first-order chi connectivity index (χ1) is 6.06. The third kappa shape index (κ3) is 2.20. The van der Waals surface area contributed by atoms with Crippen LogP contribution in [0.2, 0.25) is 0 Å². The molecule has 0 bridgehead atoms. The van der Waals surface area contributed by atoms with Gasteiger partial charge in [0.1, 0.15) is 11.4 Å². The number of aldehydes is 1. The molecule has 0 saturated heterocycles. The Balaban J connectivity index is 3.30. The Morgan fingerprint density at radius 3 is 2.69 bits per heavy atom. The molecule has 1 aromatic heterocycles. The number of carbonyl (C=O) groups is 1. The first kappa shape index (κ1) is 10.5. The average molecular weight is 297 g/mol. The molecule has 2 nitrogen and oxygen atoms in total. The Bertz CT molecular complexity index is 341. The number of alkyl halides is 2. The fraction of sp³-hybridized carbons (Fsp3) is 0.250. The predicted molar refractivity (Wildman–Crippen MR) is 52.0 cm³/mol. The van der Waals surface area contributed by atoms with E-state index in [9.17, 15) is 13.6 Å². The molecule has 1 heterocycles.